The Morgan fingerprint density at radius 2 is 1.85 bits per heavy atom. The first kappa shape index (κ1) is 14.7. The largest absolute Gasteiger partial charge is 0.288 e. The lowest BCUT2D eigenvalue weighted by Gasteiger charge is -2.08. The molecule has 2 amide bonds. The Bertz CT molecular complexity index is 649. The maximum Gasteiger partial charge on any atom is 0.288 e. The van der Waals surface area contributed by atoms with Crippen LogP contribution >= 0.6 is 34.2 Å². The van der Waals surface area contributed by atoms with E-state index in [1.165, 1.54) is 6.20 Å². The highest BCUT2D eigenvalue weighted by atomic mass is 127. The molecule has 0 radical (unpaired) electrons. The topological polar surface area (TPSA) is 71.1 Å². The molecule has 0 aliphatic rings. The van der Waals surface area contributed by atoms with Gasteiger partial charge in [0.25, 0.3) is 11.8 Å². The first-order chi connectivity index (χ1) is 9.58. The van der Waals surface area contributed by atoms with Gasteiger partial charge in [-0.1, -0.05) is 17.7 Å². The van der Waals surface area contributed by atoms with Crippen molar-refractivity contribution in [2.24, 2.45) is 0 Å². The standard InChI is InChI=1S/C13H9ClIN3O2/c14-8-4-5-9(10(15)7-8)12(19)17-18-13(20)11-3-1-2-6-16-11/h1-7H,(H,17,19)(H,18,20). The normalized spacial score (nSPS) is 9.90. The average Bonchev–Trinajstić information content (AvgIpc) is 2.45. The van der Waals surface area contributed by atoms with Crippen molar-refractivity contribution in [3.8, 4) is 0 Å². The van der Waals surface area contributed by atoms with Crippen molar-refractivity contribution in [1.82, 2.24) is 15.8 Å². The highest BCUT2D eigenvalue weighted by Crippen LogP contribution is 2.17. The summed E-state index contributed by atoms with van der Waals surface area (Å²) in [4.78, 5) is 27.5. The van der Waals surface area contributed by atoms with Crippen molar-refractivity contribution in [2.75, 3.05) is 0 Å². The number of pyridine rings is 1. The number of benzene rings is 1. The monoisotopic (exact) mass is 401 g/mol. The van der Waals surface area contributed by atoms with Crippen molar-refractivity contribution in [1.29, 1.82) is 0 Å². The van der Waals surface area contributed by atoms with Crippen LogP contribution in [0, 0.1) is 3.57 Å². The van der Waals surface area contributed by atoms with Crippen LogP contribution in [0.3, 0.4) is 0 Å². The molecule has 5 nitrogen and oxygen atoms in total. The number of hydrogen-bond donors (Lipinski definition) is 2. The van der Waals surface area contributed by atoms with Gasteiger partial charge in [0.1, 0.15) is 5.69 Å². The maximum atomic E-state index is 11.9. The maximum absolute atomic E-state index is 11.9. The van der Waals surface area contributed by atoms with Crippen LogP contribution in [0.4, 0.5) is 0 Å². The molecular formula is C13H9ClIN3O2. The molecule has 0 aliphatic carbocycles. The molecule has 2 N–H and O–H groups in total. The van der Waals surface area contributed by atoms with E-state index < -0.39 is 11.8 Å². The molecule has 0 fully saturated rings. The summed E-state index contributed by atoms with van der Waals surface area (Å²) >= 11 is 7.81. The van der Waals surface area contributed by atoms with Crippen molar-refractivity contribution < 1.29 is 9.59 Å². The minimum atomic E-state index is -0.483. The quantitative estimate of drug-likeness (QED) is 0.600. The van der Waals surface area contributed by atoms with E-state index in [2.05, 4.69) is 15.8 Å². The zero-order chi connectivity index (χ0) is 14.5. The summed E-state index contributed by atoms with van der Waals surface area (Å²) in [5, 5.41) is 0.545. The molecule has 0 aliphatic heterocycles. The summed E-state index contributed by atoms with van der Waals surface area (Å²) in [5.41, 5.74) is 5.28. The summed E-state index contributed by atoms with van der Waals surface area (Å²) in [6.45, 7) is 0. The van der Waals surface area contributed by atoms with Crippen LogP contribution in [0.25, 0.3) is 0 Å². The van der Waals surface area contributed by atoms with Crippen LogP contribution in [0.15, 0.2) is 42.6 Å². The number of rotatable bonds is 2. The second-order valence-electron chi connectivity index (χ2n) is 3.75. The lowest BCUT2D eigenvalue weighted by molar-refractivity contribution is 0.0843. The third-order valence-electron chi connectivity index (χ3n) is 2.36. The van der Waals surface area contributed by atoms with Crippen LogP contribution < -0.4 is 10.9 Å². The molecule has 2 aromatic rings. The Balaban J connectivity index is 2.00. The molecule has 0 bridgehead atoms. The van der Waals surface area contributed by atoms with Gasteiger partial charge in [0.2, 0.25) is 0 Å². The number of carbonyl (C=O) groups is 2. The van der Waals surface area contributed by atoms with E-state index in [0.717, 1.165) is 0 Å². The molecule has 0 saturated carbocycles. The van der Waals surface area contributed by atoms with Gasteiger partial charge < -0.3 is 0 Å². The molecule has 0 spiro atoms. The zero-order valence-electron chi connectivity index (χ0n) is 10.1. The summed E-state index contributed by atoms with van der Waals surface area (Å²) in [5.74, 6) is -0.904. The number of amides is 2. The number of halogens is 2. The second-order valence-corrected chi connectivity index (χ2v) is 5.35. The number of nitrogens with zero attached hydrogens (tertiary/aromatic N) is 1. The molecule has 7 heteroatoms. The van der Waals surface area contributed by atoms with Gasteiger partial charge in [-0.25, -0.2) is 0 Å². The zero-order valence-corrected chi connectivity index (χ0v) is 13.0. The Kier molecular flexibility index (Phi) is 4.91. The van der Waals surface area contributed by atoms with E-state index in [0.29, 0.717) is 14.2 Å². The summed E-state index contributed by atoms with van der Waals surface area (Å²) < 4.78 is 0.694. The second kappa shape index (κ2) is 6.67. The first-order valence-electron chi connectivity index (χ1n) is 5.54. The molecule has 0 saturated heterocycles. The lowest BCUT2D eigenvalue weighted by Crippen LogP contribution is -2.42. The third kappa shape index (κ3) is 3.67. The van der Waals surface area contributed by atoms with Crippen molar-refractivity contribution in [3.05, 3.63) is 62.4 Å². The van der Waals surface area contributed by atoms with Crippen LogP contribution in [0.2, 0.25) is 5.02 Å². The van der Waals surface area contributed by atoms with E-state index in [1.54, 1.807) is 36.4 Å². The molecule has 2 rings (SSSR count). The average molecular weight is 402 g/mol. The fraction of sp³-hybridized carbons (Fsp3) is 0. The Labute approximate surface area is 133 Å². The van der Waals surface area contributed by atoms with Gasteiger partial charge in [-0.05, 0) is 52.9 Å². The van der Waals surface area contributed by atoms with E-state index in [-0.39, 0.29) is 5.69 Å². The molecule has 1 aromatic carbocycles. The van der Waals surface area contributed by atoms with Crippen LogP contribution in [-0.2, 0) is 0 Å². The molecule has 1 aromatic heterocycles. The molecular weight excluding hydrogens is 393 g/mol. The Morgan fingerprint density at radius 3 is 2.50 bits per heavy atom. The predicted octanol–water partition coefficient (Wildman–Crippen LogP) is 2.41. The summed E-state index contributed by atoms with van der Waals surface area (Å²) in [6, 6.07) is 9.80. The molecule has 20 heavy (non-hydrogen) atoms. The minimum Gasteiger partial charge on any atom is -0.267 e. The van der Waals surface area contributed by atoms with Crippen molar-refractivity contribution in [2.45, 2.75) is 0 Å². The van der Waals surface area contributed by atoms with Gasteiger partial charge in [-0.2, -0.15) is 0 Å². The number of nitrogens with one attached hydrogen (secondary N) is 2. The van der Waals surface area contributed by atoms with Crippen LogP contribution in [-0.4, -0.2) is 16.8 Å². The van der Waals surface area contributed by atoms with E-state index in [1.807, 2.05) is 22.6 Å². The van der Waals surface area contributed by atoms with Gasteiger partial charge in [-0.3, -0.25) is 25.4 Å². The number of hydrazine groups is 1. The Hall–Kier alpha value is -1.67. The highest BCUT2D eigenvalue weighted by molar-refractivity contribution is 14.1. The highest BCUT2D eigenvalue weighted by Gasteiger charge is 2.12. The predicted molar refractivity (Wildman–Crippen MR) is 83.3 cm³/mol. The minimum absolute atomic E-state index is 0.221. The summed E-state index contributed by atoms with van der Waals surface area (Å²) in [7, 11) is 0. The SMILES string of the molecule is O=C(NNC(=O)c1ccc(Cl)cc1I)c1ccccn1. The molecule has 0 unspecified atom stereocenters. The van der Waals surface area contributed by atoms with Gasteiger partial charge in [-0.15, -0.1) is 0 Å². The molecule has 102 valence electrons. The van der Waals surface area contributed by atoms with Crippen LogP contribution in [0.1, 0.15) is 20.8 Å². The van der Waals surface area contributed by atoms with Crippen molar-refractivity contribution >= 4 is 46.0 Å². The third-order valence-corrected chi connectivity index (χ3v) is 3.49. The Morgan fingerprint density at radius 1 is 1.10 bits per heavy atom. The smallest absolute Gasteiger partial charge is 0.267 e. The fourth-order valence-electron chi connectivity index (χ4n) is 1.42. The fourth-order valence-corrected chi connectivity index (χ4v) is 2.53. The lowest BCUT2D eigenvalue weighted by atomic mass is 10.2. The van der Waals surface area contributed by atoms with E-state index in [9.17, 15) is 9.59 Å². The van der Waals surface area contributed by atoms with E-state index in [4.69, 9.17) is 11.6 Å². The van der Waals surface area contributed by atoms with Crippen LogP contribution in [0.5, 0.6) is 0 Å². The van der Waals surface area contributed by atoms with Gasteiger partial charge in [0.05, 0.1) is 5.56 Å². The molecule has 0 atom stereocenters. The number of carbonyl (C=O) groups excluding carboxylic acids is 2. The number of hydrogen-bond acceptors (Lipinski definition) is 3. The number of aromatic nitrogens is 1. The summed E-state index contributed by atoms with van der Waals surface area (Å²) in [6.07, 6.45) is 1.50. The van der Waals surface area contributed by atoms with Gasteiger partial charge >= 0.3 is 0 Å². The van der Waals surface area contributed by atoms with Gasteiger partial charge in [0.15, 0.2) is 0 Å². The van der Waals surface area contributed by atoms with Crippen molar-refractivity contribution in [3.63, 3.8) is 0 Å². The first-order valence-corrected chi connectivity index (χ1v) is 7.00. The van der Waals surface area contributed by atoms with E-state index >= 15 is 0 Å². The molecule has 1 heterocycles. The van der Waals surface area contributed by atoms with Gasteiger partial charge in [0, 0.05) is 14.8 Å².